The summed E-state index contributed by atoms with van der Waals surface area (Å²) in [7, 11) is 0. The smallest absolute Gasteiger partial charge is 0.258 e. The number of nitro groups is 2. The van der Waals surface area contributed by atoms with Gasteiger partial charge in [-0.2, -0.15) is 0 Å². The van der Waals surface area contributed by atoms with Crippen LogP contribution in [0.5, 0.6) is 0 Å². The molecule has 0 saturated carbocycles. The minimum atomic E-state index is -0.814. The summed E-state index contributed by atoms with van der Waals surface area (Å²) < 4.78 is 0. The number of nitrogens with zero attached hydrogens (tertiary/aromatic N) is 2. The molecule has 1 radical (unpaired) electrons. The first kappa shape index (κ1) is 9.11. The summed E-state index contributed by atoms with van der Waals surface area (Å²) in [4.78, 5) is 19.1. The summed E-state index contributed by atoms with van der Waals surface area (Å²) in [6.45, 7) is 1.58. The van der Waals surface area contributed by atoms with E-state index in [9.17, 15) is 20.2 Å². The van der Waals surface area contributed by atoms with Crippen molar-refractivity contribution in [3.63, 3.8) is 0 Å². The molecule has 0 spiro atoms. The summed E-state index contributed by atoms with van der Waals surface area (Å²) in [5.41, 5.74) is -0.627. The van der Waals surface area contributed by atoms with E-state index in [0.29, 0.717) is 5.56 Å². The van der Waals surface area contributed by atoms with Crippen LogP contribution in [0.2, 0.25) is 0 Å². The highest BCUT2D eigenvalue weighted by Crippen LogP contribution is 2.26. The van der Waals surface area contributed by atoms with E-state index in [2.05, 4.69) is 6.07 Å². The van der Waals surface area contributed by atoms with E-state index >= 15 is 0 Å². The second kappa shape index (κ2) is 3.18. The van der Waals surface area contributed by atoms with Gasteiger partial charge in [-0.15, -0.1) is 0 Å². The second-order valence-electron chi connectivity index (χ2n) is 2.39. The van der Waals surface area contributed by atoms with E-state index in [1.807, 2.05) is 0 Å². The van der Waals surface area contributed by atoms with E-state index < -0.39 is 21.2 Å². The Balaban J connectivity index is 3.35. The van der Waals surface area contributed by atoms with Gasteiger partial charge in [-0.25, -0.2) is 0 Å². The highest BCUT2D eigenvalue weighted by Gasteiger charge is 2.23. The van der Waals surface area contributed by atoms with E-state index in [1.54, 1.807) is 6.92 Å². The summed E-state index contributed by atoms with van der Waals surface area (Å²) in [6, 6.07) is 4.82. The number of nitro benzene ring substituents is 2. The summed E-state index contributed by atoms with van der Waals surface area (Å²) >= 11 is 0. The zero-order valence-corrected chi connectivity index (χ0v) is 6.68. The summed E-state index contributed by atoms with van der Waals surface area (Å²) in [6.07, 6.45) is 0. The van der Waals surface area contributed by atoms with Crippen LogP contribution in [-0.2, 0) is 0 Å². The number of hydrogen-bond donors (Lipinski definition) is 0. The number of benzene rings is 1. The lowest BCUT2D eigenvalue weighted by molar-refractivity contribution is -0.422. The molecule has 0 unspecified atom stereocenters. The lowest BCUT2D eigenvalue weighted by Gasteiger charge is -1.94. The minimum Gasteiger partial charge on any atom is -0.258 e. The third-order valence-electron chi connectivity index (χ3n) is 1.43. The molecule has 67 valence electrons. The standard InChI is InChI=1S/C7H5N2O4/c1-5-2-3-6(8(10)11)7(4-5)9(12)13/h2-3H,1H3. The molecule has 0 aliphatic heterocycles. The van der Waals surface area contributed by atoms with Crippen molar-refractivity contribution in [2.75, 3.05) is 0 Å². The van der Waals surface area contributed by atoms with Gasteiger partial charge in [0.15, 0.2) is 0 Å². The van der Waals surface area contributed by atoms with Gasteiger partial charge in [0.2, 0.25) is 0 Å². The van der Waals surface area contributed by atoms with Gasteiger partial charge in [-0.05, 0) is 12.5 Å². The molecule has 0 aliphatic rings. The van der Waals surface area contributed by atoms with E-state index in [1.165, 1.54) is 6.07 Å². The zero-order valence-electron chi connectivity index (χ0n) is 6.68. The minimum absolute atomic E-state index is 0.498. The predicted octanol–water partition coefficient (Wildman–Crippen LogP) is 1.61. The zero-order chi connectivity index (χ0) is 10.0. The first-order valence-corrected chi connectivity index (χ1v) is 3.34. The Kier molecular flexibility index (Phi) is 2.23. The second-order valence-corrected chi connectivity index (χ2v) is 2.39. The molecule has 0 atom stereocenters. The van der Waals surface area contributed by atoms with E-state index in [0.717, 1.165) is 6.07 Å². The molecular formula is C7H5N2O4. The molecule has 0 bridgehead atoms. The van der Waals surface area contributed by atoms with Crippen molar-refractivity contribution in [3.05, 3.63) is 44.0 Å². The topological polar surface area (TPSA) is 86.3 Å². The van der Waals surface area contributed by atoms with Crippen LogP contribution in [-0.4, -0.2) is 9.85 Å². The molecule has 0 saturated heterocycles. The molecule has 1 aromatic carbocycles. The van der Waals surface area contributed by atoms with E-state index in [4.69, 9.17) is 0 Å². The number of rotatable bonds is 2. The fourth-order valence-electron chi connectivity index (χ4n) is 0.862. The lowest BCUT2D eigenvalue weighted by Crippen LogP contribution is -1.96. The molecule has 13 heavy (non-hydrogen) atoms. The van der Waals surface area contributed by atoms with Crippen LogP contribution in [0.15, 0.2) is 12.1 Å². The first-order chi connectivity index (χ1) is 6.02. The third-order valence-corrected chi connectivity index (χ3v) is 1.43. The Morgan fingerprint density at radius 1 is 1.23 bits per heavy atom. The molecule has 0 N–H and O–H groups in total. The quantitative estimate of drug-likeness (QED) is 0.512. The van der Waals surface area contributed by atoms with Gasteiger partial charge < -0.3 is 0 Å². The van der Waals surface area contributed by atoms with Crippen LogP contribution in [0, 0.1) is 33.2 Å². The van der Waals surface area contributed by atoms with Gasteiger partial charge in [0.05, 0.1) is 15.9 Å². The van der Waals surface area contributed by atoms with E-state index in [-0.39, 0.29) is 0 Å². The van der Waals surface area contributed by atoms with Crippen LogP contribution in [0.25, 0.3) is 0 Å². The van der Waals surface area contributed by atoms with Crippen molar-refractivity contribution in [2.45, 2.75) is 6.92 Å². The molecule has 0 aliphatic carbocycles. The Morgan fingerprint density at radius 3 is 2.31 bits per heavy atom. The fraction of sp³-hybridized carbons (Fsp3) is 0.143. The average Bonchev–Trinajstić information content (AvgIpc) is 2.03. The Labute approximate surface area is 73.1 Å². The lowest BCUT2D eigenvalue weighted by atomic mass is 10.2. The molecule has 1 aromatic rings. The van der Waals surface area contributed by atoms with Gasteiger partial charge in [-0.1, -0.05) is 6.07 Å². The largest absolute Gasteiger partial charge is 0.354 e. The first-order valence-electron chi connectivity index (χ1n) is 3.34. The molecule has 0 fully saturated rings. The molecule has 0 heterocycles. The summed E-state index contributed by atoms with van der Waals surface area (Å²) in [5.74, 6) is 0. The maximum absolute atomic E-state index is 10.3. The van der Waals surface area contributed by atoms with Gasteiger partial charge >= 0.3 is 11.4 Å². The average molecular weight is 181 g/mol. The number of aryl methyl sites for hydroxylation is 1. The van der Waals surface area contributed by atoms with Crippen molar-refractivity contribution in [3.8, 4) is 0 Å². The molecule has 0 amide bonds. The van der Waals surface area contributed by atoms with Crippen molar-refractivity contribution in [1.82, 2.24) is 0 Å². The van der Waals surface area contributed by atoms with Crippen LogP contribution >= 0.6 is 0 Å². The van der Waals surface area contributed by atoms with Gasteiger partial charge in [0.1, 0.15) is 0 Å². The monoisotopic (exact) mass is 181 g/mol. The van der Waals surface area contributed by atoms with Gasteiger partial charge in [0, 0.05) is 6.07 Å². The van der Waals surface area contributed by atoms with Crippen molar-refractivity contribution < 1.29 is 9.85 Å². The maximum Gasteiger partial charge on any atom is 0.354 e. The molecule has 6 heteroatoms. The van der Waals surface area contributed by atoms with Crippen LogP contribution in [0.1, 0.15) is 5.56 Å². The highest BCUT2D eigenvalue weighted by molar-refractivity contribution is 5.52. The Morgan fingerprint density at radius 2 is 1.85 bits per heavy atom. The van der Waals surface area contributed by atoms with Gasteiger partial charge in [0.25, 0.3) is 0 Å². The van der Waals surface area contributed by atoms with Crippen LogP contribution in [0.4, 0.5) is 11.4 Å². The number of hydrogen-bond acceptors (Lipinski definition) is 4. The van der Waals surface area contributed by atoms with Crippen LogP contribution in [0.3, 0.4) is 0 Å². The molecule has 6 nitrogen and oxygen atoms in total. The normalized spacial score (nSPS) is 9.62. The highest BCUT2D eigenvalue weighted by atomic mass is 16.6. The maximum atomic E-state index is 10.3. The van der Waals surface area contributed by atoms with Crippen molar-refractivity contribution in [1.29, 1.82) is 0 Å². The van der Waals surface area contributed by atoms with Crippen molar-refractivity contribution >= 4 is 11.4 Å². The van der Waals surface area contributed by atoms with Crippen LogP contribution < -0.4 is 0 Å². The van der Waals surface area contributed by atoms with Gasteiger partial charge in [-0.3, -0.25) is 20.2 Å². The molecule has 1 rings (SSSR count). The van der Waals surface area contributed by atoms with Crippen molar-refractivity contribution in [2.24, 2.45) is 0 Å². The Bertz CT molecular complexity index is 375. The summed E-state index contributed by atoms with van der Waals surface area (Å²) in [5, 5.41) is 20.7. The predicted molar refractivity (Wildman–Crippen MR) is 43.3 cm³/mol. The molecular weight excluding hydrogens is 176 g/mol. The fourth-order valence-corrected chi connectivity index (χ4v) is 0.862. The Hall–Kier alpha value is -1.98. The third kappa shape index (κ3) is 1.78. The SMILES string of the molecule is Cc1[c]c([N+](=O)[O-])c([N+](=O)[O-])cc1. The molecule has 0 aromatic heterocycles.